The van der Waals surface area contributed by atoms with E-state index in [1.807, 2.05) is 36.1 Å². The molecule has 0 saturated carbocycles. The number of anilines is 1. The van der Waals surface area contributed by atoms with Crippen LogP contribution in [0, 0.1) is 0 Å². The number of rotatable bonds is 7. The highest BCUT2D eigenvalue weighted by Gasteiger charge is 2.36. The van der Waals surface area contributed by atoms with Gasteiger partial charge in [0.05, 0.1) is 12.3 Å². The van der Waals surface area contributed by atoms with Crippen molar-refractivity contribution in [2.45, 2.75) is 26.4 Å². The number of aromatic nitrogens is 5. The summed E-state index contributed by atoms with van der Waals surface area (Å²) in [6.07, 6.45) is 1.52. The lowest BCUT2D eigenvalue weighted by atomic mass is 10.1. The lowest BCUT2D eigenvalue weighted by Gasteiger charge is -2.38. The molecule has 0 radical (unpaired) electrons. The Bertz CT molecular complexity index is 1380. The quantitative estimate of drug-likeness (QED) is 0.362. The van der Waals surface area contributed by atoms with Gasteiger partial charge in [0.25, 0.3) is 5.91 Å². The molecule has 1 aliphatic rings. The van der Waals surface area contributed by atoms with E-state index < -0.39 is 5.60 Å². The van der Waals surface area contributed by atoms with Crippen molar-refractivity contribution in [1.29, 1.82) is 0 Å². The van der Waals surface area contributed by atoms with Gasteiger partial charge in [-0.2, -0.15) is 4.68 Å². The van der Waals surface area contributed by atoms with Gasteiger partial charge in [-0.1, -0.05) is 16.8 Å². The van der Waals surface area contributed by atoms with Gasteiger partial charge in [-0.25, -0.2) is 9.97 Å². The molecule has 5 rings (SSSR count). The molecule has 2 aromatic carbocycles. The number of benzene rings is 2. The predicted molar refractivity (Wildman–Crippen MR) is 141 cm³/mol. The van der Waals surface area contributed by atoms with Crippen LogP contribution in [0.4, 0.5) is 5.82 Å². The van der Waals surface area contributed by atoms with E-state index in [1.165, 1.54) is 6.33 Å². The zero-order chi connectivity index (χ0) is 26.0. The number of nitrogens with zero attached hydrogens (tertiary/aromatic N) is 7. The molecule has 2 aromatic heterocycles. The van der Waals surface area contributed by atoms with Crippen LogP contribution in [0.3, 0.4) is 0 Å². The van der Waals surface area contributed by atoms with Gasteiger partial charge in [-0.05, 0) is 69.3 Å². The molecule has 10 nitrogen and oxygen atoms in total. The average molecular weight is 522 g/mol. The molecular weight excluding hydrogens is 494 g/mol. The Kier molecular flexibility index (Phi) is 6.84. The number of fused-ring (bicyclic) bond motifs is 1. The Morgan fingerprint density at radius 3 is 2.32 bits per heavy atom. The molecule has 192 valence electrons. The highest BCUT2D eigenvalue weighted by atomic mass is 35.5. The van der Waals surface area contributed by atoms with Crippen molar-refractivity contribution in [2.75, 3.05) is 37.7 Å². The van der Waals surface area contributed by atoms with E-state index in [0.29, 0.717) is 60.5 Å². The van der Waals surface area contributed by atoms with Crippen LogP contribution in [-0.4, -0.2) is 74.2 Å². The van der Waals surface area contributed by atoms with Gasteiger partial charge in [-0.15, -0.1) is 5.10 Å². The van der Waals surface area contributed by atoms with Crippen LogP contribution in [0.5, 0.6) is 11.5 Å². The maximum Gasteiger partial charge on any atom is 0.266 e. The van der Waals surface area contributed by atoms with Gasteiger partial charge in [0, 0.05) is 31.2 Å². The minimum atomic E-state index is -1.02. The third-order valence-corrected chi connectivity index (χ3v) is 6.43. The lowest BCUT2D eigenvalue weighted by Crippen LogP contribution is -2.56. The number of carbonyl (C=O) groups is 1. The number of halogens is 1. The first-order valence-electron chi connectivity index (χ1n) is 12.1. The van der Waals surface area contributed by atoms with E-state index in [0.717, 1.165) is 11.4 Å². The van der Waals surface area contributed by atoms with Crippen LogP contribution in [0.2, 0.25) is 5.02 Å². The molecule has 1 saturated heterocycles. The fraction of sp³-hybridized carbons (Fsp3) is 0.346. The second-order valence-corrected chi connectivity index (χ2v) is 9.58. The maximum atomic E-state index is 13.3. The highest BCUT2D eigenvalue weighted by Crippen LogP contribution is 2.26. The summed E-state index contributed by atoms with van der Waals surface area (Å²) in [6.45, 7) is 8.38. The van der Waals surface area contributed by atoms with Gasteiger partial charge in [-0.3, -0.25) is 4.79 Å². The zero-order valence-corrected chi connectivity index (χ0v) is 21.7. The summed E-state index contributed by atoms with van der Waals surface area (Å²) >= 11 is 5.96. The van der Waals surface area contributed by atoms with Crippen molar-refractivity contribution in [2.24, 2.45) is 0 Å². The summed E-state index contributed by atoms with van der Waals surface area (Å²) in [5.41, 5.74) is 1.04. The molecule has 0 bridgehead atoms. The maximum absolute atomic E-state index is 13.3. The molecule has 0 atom stereocenters. The first-order valence-corrected chi connectivity index (χ1v) is 12.5. The molecule has 1 fully saturated rings. The smallest absolute Gasteiger partial charge is 0.266 e. The molecule has 3 heterocycles. The standard InChI is InChI=1S/C26H28ClN7O3/c1-4-36-20-11-7-19(8-12-20)34-24-22(30-31-34)23(28-17-29-24)32-13-15-33(16-14-32)25(35)26(2,3)37-21-9-5-18(27)6-10-21/h5-12,17H,4,13-16H2,1-3H3. The van der Waals surface area contributed by atoms with Gasteiger partial charge < -0.3 is 19.3 Å². The SMILES string of the molecule is CCOc1ccc(-n2nnc3c(N4CCN(C(=O)C(C)(C)Oc5ccc(Cl)cc5)CC4)ncnc32)cc1. The predicted octanol–water partition coefficient (Wildman–Crippen LogP) is 3.77. The molecule has 1 amide bonds. The number of carbonyl (C=O) groups excluding carboxylic acids is 1. The molecule has 0 spiro atoms. The highest BCUT2D eigenvalue weighted by molar-refractivity contribution is 6.30. The molecule has 0 aliphatic carbocycles. The Hall–Kier alpha value is -3.92. The Morgan fingerprint density at radius 2 is 1.65 bits per heavy atom. The minimum Gasteiger partial charge on any atom is -0.494 e. The topological polar surface area (TPSA) is 98.5 Å². The van der Waals surface area contributed by atoms with Crippen molar-refractivity contribution in [3.63, 3.8) is 0 Å². The van der Waals surface area contributed by atoms with Crippen LogP contribution in [0.1, 0.15) is 20.8 Å². The normalized spacial score (nSPS) is 14.2. The number of amides is 1. The van der Waals surface area contributed by atoms with E-state index in [-0.39, 0.29) is 5.91 Å². The molecule has 0 unspecified atom stereocenters. The molecule has 37 heavy (non-hydrogen) atoms. The van der Waals surface area contributed by atoms with Crippen molar-refractivity contribution >= 4 is 34.5 Å². The van der Waals surface area contributed by atoms with Crippen molar-refractivity contribution in [3.8, 4) is 17.2 Å². The van der Waals surface area contributed by atoms with E-state index in [2.05, 4.69) is 25.2 Å². The summed E-state index contributed by atoms with van der Waals surface area (Å²) in [4.78, 5) is 26.1. The second-order valence-electron chi connectivity index (χ2n) is 9.14. The summed E-state index contributed by atoms with van der Waals surface area (Å²) in [5.74, 6) is 2.02. The van der Waals surface area contributed by atoms with E-state index in [9.17, 15) is 4.79 Å². The first kappa shape index (κ1) is 24.8. The average Bonchev–Trinajstić information content (AvgIpc) is 3.35. The van der Waals surface area contributed by atoms with Crippen molar-refractivity contribution in [3.05, 3.63) is 59.9 Å². The molecular formula is C26H28ClN7O3. The van der Waals surface area contributed by atoms with Crippen LogP contribution >= 0.6 is 11.6 Å². The molecule has 4 aromatic rings. The van der Waals surface area contributed by atoms with Gasteiger partial charge in [0.1, 0.15) is 17.8 Å². The van der Waals surface area contributed by atoms with Crippen LogP contribution in [0.15, 0.2) is 54.9 Å². The van der Waals surface area contributed by atoms with Gasteiger partial charge >= 0.3 is 0 Å². The van der Waals surface area contributed by atoms with Gasteiger partial charge in [0.15, 0.2) is 22.6 Å². The molecule has 11 heteroatoms. The zero-order valence-electron chi connectivity index (χ0n) is 21.0. The fourth-order valence-electron chi connectivity index (χ4n) is 4.34. The number of hydrogen-bond donors (Lipinski definition) is 0. The summed E-state index contributed by atoms with van der Waals surface area (Å²) in [5, 5.41) is 9.32. The number of hydrogen-bond acceptors (Lipinski definition) is 8. The van der Waals surface area contributed by atoms with Crippen LogP contribution < -0.4 is 14.4 Å². The summed E-state index contributed by atoms with van der Waals surface area (Å²) in [6, 6.07) is 14.6. The molecule has 0 N–H and O–H groups in total. The monoisotopic (exact) mass is 521 g/mol. The Morgan fingerprint density at radius 1 is 0.973 bits per heavy atom. The van der Waals surface area contributed by atoms with Crippen LogP contribution in [0.25, 0.3) is 16.9 Å². The van der Waals surface area contributed by atoms with Crippen molar-refractivity contribution in [1.82, 2.24) is 29.9 Å². The van der Waals surface area contributed by atoms with Gasteiger partial charge in [0.2, 0.25) is 0 Å². The number of piperazine rings is 1. The largest absolute Gasteiger partial charge is 0.494 e. The third kappa shape index (κ3) is 5.15. The number of ether oxygens (including phenoxy) is 2. The lowest BCUT2D eigenvalue weighted by molar-refractivity contribution is -0.145. The Balaban J connectivity index is 1.28. The second kappa shape index (κ2) is 10.2. The third-order valence-electron chi connectivity index (χ3n) is 6.18. The Labute approximate surface area is 219 Å². The summed E-state index contributed by atoms with van der Waals surface area (Å²) in [7, 11) is 0. The summed E-state index contributed by atoms with van der Waals surface area (Å²) < 4.78 is 13.2. The van der Waals surface area contributed by atoms with E-state index in [4.69, 9.17) is 21.1 Å². The van der Waals surface area contributed by atoms with Crippen molar-refractivity contribution < 1.29 is 14.3 Å². The van der Waals surface area contributed by atoms with E-state index >= 15 is 0 Å². The first-order chi connectivity index (χ1) is 17.9. The minimum absolute atomic E-state index is 0.0728. The molecule has 1 aliphatic heterocycles. The van der Waals surface area contributed by atoms with E-state index in [1.54, 1.807) is 42.8 Å². The van der Waals surface area contributed by atoms with Crippen LogP contribution in [-0.2, 0) is 4.79 Å². The fourth-order valence-corrected chi connectivity index (χ4v) is 4.46.